The molecule has 118 valence electrons. The maximum atomic E-state index is 4.09. The van der Waals surface area contributed by atoms with E-state index in [-0.39, 0.29) is 0 Å². The molecule has 0 aromatic rings. The first kappa shape index (κ1) is 18.2. The van der Waals surface area contributed by atoms with E-state index >= 15 is 0 Å². The molecule has 0 aromatic carbocycles. The lowest BCUT2D eigenvalue weighted by Gasteiger charge is -2.09. The Morgan fingerprint density at radius 2 is 1.95 bits per heavy atom. The van der Waals surface area contributed by atoms with Crippen molar-refractivity contribution in [3.63, 3.8) is 0 Å². The molecule has 0 N–H and O–H groups in total. The minimum atomic E-state index is 0.342. The lowest BCUT2D eigenvalue weighted by molar-refractivity contribution is 0.526. The van der Waals surface area contributed by atoms with Gasteiger partial charge in [0.15, 0.2) is 11.5 Å². The molecule has 0 aromatic heterocycles. The standard InChI is InChI=1S/C21H35/c1-9-11-17(6)19(10-2)12-16(5)13-20-18(7)21(20,8)14-15(3)4/h16,18H,3,9-12,14H2,1-2,4-8H3/q+1/b19-17+. The summed E-state index contributed by atoms with van der Waals surface area (Å²) in [4.78, 5) is 0. The van der Waals surface area contributed by atoms with E-state index in [9.17, 15) is 0 Å². The zero-order valence-corrected chi connectivity index (χ0v) is 15.4. The second-order valence-electron chi connectivity index (χ2n) is 7.42. The van der Waals surface area contributed by atoms with Crippen LogP contribution in [0.2, 0.25) is 0 Å². The Labute approximate surface area is 133 Å². The smallest absolute Gasteiger partial charge is 0.100 e. The van der Waals surface area contributed by atoms with E-state index in [1.165, 1.54) is 31.3 Å². The number of hydrogen-bond acceptors (Lipinski definition) is 0. The summed E-state index contributed by atoms with van der Waals surface area (Å²) in [7, 11) is 0. The van der Waals surface area contributed by atoms with Crippen LogP contribution in [-0.2, 0) is 0 Å². The van der Waals surface area contributed by atoms with Crippen molar-refractivity contribution in [2.45, 2.75) is 80.6 Å². The predicted octanol–water partition coefficient (Wildman–Crippen LogP) is 6.89. The Morgan fingerprint density at radius 1 is 1.33 bits per heavy atom. The van der Waals surface area contributed by atoms with Gasteiger partial charge in [0.2, 0.25) is 6.08 Å². The van der Waals surface area contributed by atoms with Crippen LogP contribution in [0.25, 0.3) is 0 Å². The van der Waals surface area contributed by atoms with Crippen LogP contribution in [0.3, 0.4) is 0 Å². The van der Waals surface area contributed by atoms with Crippen molar-refractivity contribution >= 4 is 0 Å². The van der Waals surface area contributed by atoms with Crippen LogP contribution in [0.15, 0.2) is 28.9 Å². The van der Waals surface area contributed by atoms with E-state index < -0.39 is 0 Å². The third-order valence-electron chi connectivity index (χ3n) is 5.20. The highest BCUT2D eigenvalue weighted by atomic mass is 14.6. The van der Waals surface area contributed by atoms with Gasteiger partial charge in [0.05, 0.1) is 5.41 Å². The molecule has 0 heteroatoms. The predicted molar refractivity (Wildman–Crippen MR) is 95.1 cm³/mol. The van der Waals surface area contributed by atoms with E-state index in [1.54, 1.807) is 16.7 Å². The van der Waals surface area contributed by atoms with Crippen LogP contribution in [-0.4, -0.2) is 0 Å². The molecule has 0 radical (unpaired) electrons. The summed E-state index contributed by atoms with van der Waals surface area (Å²) in [6.45, 7) is 20.1. The van der Waals surface area contributed by atoms with Gasteiger partial charge in [0.1, 0.15) is 0 Å². The lowest BCUT2D eigenvalue weighted by Crippen LogP contribution is -1.99. The normalized spacial score (nSPS) is 28.9. The van der Waals surface area contributed by atoms with Gasteiger partial charge in [-0.2, -0.15) is 0 Å². The molecule has 3 unspecified atom stereocenters. The van der Waals surface area contributed by atoms with Crippen molar-refractivity contribution in [1.29, 1.82) is 0 Å². The molecule has 0 bridgehead atoms. The summed E-state index contributed by atoms with van der Waals surface area (Å²) >= 11 is 0. The maximum Gasteiger partial charge on any atom is 0.225 e. The fraction of sp³-hybridized carbons (Fsp3) is 0.714. The number of allylic oxidation sites excluding steroid dienone is 5. The second kappa shape index (κ2) is 7.41. The highest BCUT2D eigenvalue weighted by molar-refractivity contribution is 5.36. The van der Waals surface area contributed by atoms with Crippen LogP contribution in [0.1, 0.15) is 80.6 Å². The van der Waals surface area contributed by atoms with Crippen molar-refractivity contribution in [2.24, 2.45) is 17.3 Å². The van der Waals surface area contributed by atoms with Gasteiger partial charge >= 0.3 is 0 Å². The van der Waals surface area contributed by atoms with Gasteiger partial charge in [-0.15, -0.1) is 6.58 Å². The van der Waals surface area contributed by atoms with Gasteiger partial charge in [0, 0.05) is 12.3 Å². The fourth-order valence-corrected chi connectivity index (χ4v) is 3.71. The first-order valence-corrected chi connectivity index (χ1v) is 8.71. The monoisotopic (exact) mass is 287 g/mol. The zero-order valence-electron chi connectivity index (χ0n) is 15.4. The summed E-state index contributed by atoms with van der Waals surface area (Å²) in [5.74, 6) is 1.22. The Kier molecular flexibility index (Phi) is 6.41. The van der Waals surface area contributed by atoms with Crippen LogP contribution < -0.4 is 0 Å². The largest absolute Gasteiger partial charge is 0.225 e. The Balaban J connectivity index is 2.73. The molecule has 3 atom stereocenters. The molecule has 1 aliphatic rings. The summed E-state index contributed by atoms with van der Waals surface area (Å²) in [6, 6.07) is 0. The summed E-state index contributed by atoms with van der Waals surface area (Å²) in [5.41, 5.74) is 6.43. The summed E-state index contributed by atoms with van der Waals surface area (Å²) in [5, 5.41) is 0. The topological polar surface area (TPSA) is 0 Å². The molecule has 0 saturated heterocycles. The quantitative estimate of drug-likeness (QED) is 0.337. The molecule has 0 amide bonds. The molecule has 0 spiro atoms. The van der Waals surface area contributed by atoms with E-state index in [0.717, 1.165) is 6.42 Å². The van der Waals surface area contributed by atoms with Crippen LogP contribution in [0, 0.1) is 23.3 Å². The first-order valence-electron chi connectivity index (χ1n) is 8.71. The van der Waals surface area contributed by atoms with Gasteiger partial charge in [-0.1, -0.05) is 50.8 Å². The molecule has 21 heavy (non-hydrogen) atoms. The molecule has 1 rings (SSSR count). The Morgan fingerprint density at radius 3 is 2.43 bits per heavy atom. The molecule has 0 aliphatic heterocycles. The SMILES string of the molecule is C=C(C)CC1(C)C(=[C+]C(C)C/C(CC)=C(\C)CCC)C1C. The minimum absolute atomic E-state index is 0.342. The molecule has 1 saturated carbocycles. The molecule has 0 heterocycles. The highest BCUT2D eigenvalue weighted by Gasteiger charge is 2.61. The van der Waals surface area contributed by atoms with Crippen molar-refractivity contribution in [3.05, 3.63) is 34.9 Å². The second-order valence-corrected chi connectivity index (χ2v) is 7.42. The third-order valence-corrected chi connectivity index (χ3v) is 5.20. The minimum Gasteiger partial charge on any atom is -0.100 e. The Hall–Kier alpha value is -0.870. The van der Waals surface area contributed by atoms with Crippen molar-refractivity contribution in [2.75, 3.05) is 0 Å². The molecule has 1 fully saturated rings. The van der Waals surface area contributed by atoms with E-state index in [1.807, 2.05) is 0 Å². The van der Waals surface area contributed by atoms with Crippen molar-refractivity contribution < 1.29 is 0 Å². The van der Waals surface area contributed by atoms with Gasteiger partial charge in [-0.05, 0) is 40.0 Å². The fourth-order valence-electron chi connectivity index (χ4n) is 3.71. The van der Waals surface area contributed by atoms with Crippen LogP contribution >= 0.6 is 0 Å². The van der Waals surface area contributed by atoms with E-state index in [2.05, 4.69) is 61.1 Å². The highest BCUT2D eigenvalue weighted by Crippen LogP contribution is 2.61. The summed E-state index contributed by atoms with van der Waals surface area (Å²) < 4.78 is 0. The lowest BCUT2D eigenvalue weighted by atomic mass is 9.92. The van der Waals surface area contributed by atoms with Gasteiger partial charge in [-0.25, -0.2) is 0 Å². The average Bonchev–Trinajstić information content (AvgIpc) is 2.87. The number of hydrogen-bond donors (Lipinski definition) is 0. The molecule has 1 aliphatic carbocycles. The molecule has 0 nitrogen and oxygen atoms in total. The first-order chi connectivity index (χ1) is 9.76. The molecular formula is C21H35+. The van der Waals surface area contributed by atoms with E-state index in [4.69, 9.17) is 0 Å². The van der Waals surface area contributed by atoms with Gasteiger partial charge in [0.25, 0.3) is 0 Å². The van der Waals surface area contributed by atoms with Crippen molar-refractivity contribution in [1.82, 2.24) is 0 Å². The van der Waals surface area contributed by atoms with Crippen LogP contribution in [0.5, 0.6) is 0 Å². The van der Waals surface area contributed by atoms with Crippen molar-refractivity contribution in [3.8, 4) is 0 Å². The summed E-state index contributed by atoms with van der Waals surface area (Å²) in [6.07, 6.45) is 9.79. The third kappa shape index (κ3) is 4.55. The molecular weight excluding hydrogens is 252 g/mol. The van der Waals surface area contributed by atoms with E-state index in [0.29, 0.717) is 17.3 Å². The van der Waals surface area contributed by atoms with Gasteiger partial charge < -0.3 is 0 Å². The number of rotatable bonds is 8. The Bertz CT molecular complexity index is 435. The average molecular weight is 288 g/mol. The van der Waals surface area contributed by atoms with Gasteiger partial charge in [-0.3, -0.25) is 0 Å². The maximum absolute atomic E-state index is 4.09. The van der Waals surface area contributed by atoms with Crippen LogP contribution in [0.4, 0.5) is 0 Å². The zero-order chi connectivity index (χ0) is 16.2.